The minimum atomic E-state index is -3.42. The summed E-state index contributed by atoms with van der Waals surface area (Å²) in [6, 6.07) is 4.27. The summed E-state index contributed by atoms with van der Waals surface area (Å²) in [5.41, 5.74) is 0.739. The first-order chi connectivity index (χ1) is 12.2. The highest BCUT2D eigenvalue weighted by Crippen LogP contribution is 2.16. The Balaban J connectivity index is 2.60. The fraction of sp³-hybridized carbons (Fsp3) is 0.579. The van der Waals surface area contributed by atoms with Crippen molar-refractivity contribution in [2.75, 3.05) is 19.4 Å². The second-order valence-electron chi connectivity index (χ2n) is 6.55. The normalized spacial score (nSPS) is 12.5. The van der Waals surface area contributed by atoms with E-state index in [2.05, 4.69) is 19.2 Å². The Bertz CT molecular complexity index is 727. The Morgan fingerprint density at radius 2 is 1.92 bits per heavy atom. The number of rotatable bonds is 10. The molecule has 0 aromatic heterocycles. The maximum atomic E-state index is 12.2. The molecule has 7 heteroatoms. The van der Waals surface area contributed by atoms with Crippen LogP contribution in [-0.2, 0) is 19.4 Å². The molecule has 1 atom stereocenters. The van der Waals surface area contributed by atoms with Gasteiger partial charge in [0.25, 0.3) is 5.91 Å². The fourth-order valence-electron chi connectivity index (χ4n) is 2.51. The molecule has 1 aromatic carbocycles. The maximum Gasteiger partial charge on any atom is 0.338 e. The zero-order chi connectivity index (χ0) is 19.7. The molecule has 146 valence electrons. The third-order valence-electron chi connectivity index (χ3n) is 4.32. The number of esters is 1. The molecule has 1 rings (SSSR count). The second-order valence-corrected chi connectivity index (χ2v) is 8.56. The molecule has 0 unspecified atom stereocenters. The van der Waals surface area contributed by atoms with E-state index in [0.717, 1.165) is 31.9 Å². The number of carbonyl (C=O) groups is 2. The van der Waals surface area contributed by atoms with Gasteiger partial charge in [-0.15, -0.1) is 0 Å². The zero-order valence-corrected chi connectivity index (χ0v) is 16.8. The topological polar surface area (TPSA) is 89.5 Å². The van der Waals surface area contributed by atoms with Crippen molar-refractivity contribution in [1.82, 2.24) is 5.32 Å². The van der Waals surface area contributed by atoms with Crippen LogP contribution in [0.5, 0.6) is 0 Å². The number of benzene rings is 1. The number of ether oxygens (including phenoxy) is 1. The van der Waals surface area contributed by atoms with E-state index in [1.807, 2.05) is 0 Å². The molecular weight excluding hydrogens is 354 g/mol. The van der Waals surface area contributed by atoms with Gasteiger partial charge >= 0.3 is 5.97 Å². The summed E-state index contributed by atoms with van der Waals surface area (Å²) in [7, 11) is -3.42. The van der Waals surface area contributed by atoms with Gasteiger partial charge < -0.3 is 10.1 Å². The summed E-state index contributed by atoms with van der Waals surface area (Å²) in [5, 5.41) is 2.79. The number of carbonyl (C=O) groups excluding carboxylic acids is 2. The average Bonchev–Trinajstić information content (AvgIpc) is 2.59. The Hall–Kier alpha value is -1.89. The van der Waals surface area contributed by atoms with E-state index in [9.17, 15) is 18.0 Å². The van der Waals surface area contributed by atoms with Crippen LogP contribution in [0.4, 0.5) is 0 Å². The molecule has 1 amide bonds. The minimum Gasteiger partial charge on any atom is -0.452 e. The standard InChI is InChI=1S/C19H29NO5S/c1-5-7-8-15(6-2)12-20-18(21)13-25-19(22)17-11-16(26(4,23)24)10-9-14(17)3/h9-11,15H,5-8,12-13H2,1-4H3,(H,20,21)/t15-/m0/s1. The molecule has 0 saturated carbocycles. The lowest BCUT2D eigenvalue weighted by atomic mass is 9.99. The summed E-state index contributed by atoms with van der Waals surface area (Å²) in [6.45, 7) is 6.08. The molecule has 0 saturated heterocycles. The van der Waals surface area contributed by atoms with Gasteiger partial charge in [-0.1, -0.05) is 39.2 Å². The van der Waals surface area contributed by atoms with Crippen LogP contribution in [0.2, 0.25) is 0 Å². The van der Waals surface area contributed by atoms with Crippen molar-refractivity contribution in [3.8, 4) is 0 Å². The molecule has 1 aromatic rings. The number of hydrogen-bond donors (Lipinski definition) is 1. The van der Waals surface area contributed by atoms with Gasteiger partial charge in [0.05, 0.1) is 10.5 Å². The summed E-state index contributed by atoms with van der Waals surface area (Å²) < 4.78 is 28.3. The highest BCUT2D eigenvalue weighted by molar-refractivity contribution is 7.90. The van der Waals surface area contributed by atoms with E-state index in [0.29, 0.717) is 18.0 Å². The van der Waals surface area contributed by atoms with E-state index in [-0.39, 0.29) is 23.0 Å². The van der Waals surface area contributed by atoms with Gasteiger partial charge in [0.15, 0.2) is 16.4 Å². The Kier molecular flexibility index (Phi) is 8.78. The lowest BCUT2D eigenvalue weighted by Gasteiger charge is -2.15. The van der Waals surface area contributed by atoms with Crippen molar-refractivity contribution >= 4 is 21.7 Å². The van der Waals surface area contributed by atoms with Gasteiger partial charge in [0, 0.05) is 12.8 Å². The molecule has 0 spiro atoms. The average molecular weight is 384 g/mol. The summed E-state index contributed by atoms with van der Waals surface area (Å²) in [6.07, 6.45) is 5.36. The van der Waals surface area contributed by atoms with Crippen LogP contribution < -0.4 is 5.32 Å². The first-order valence-electron chi connectivity index (χ1n) is 8.93. The molecule has 0 bridgehead atoms. The zero-order valence-electron chi connectivity index (χ0n) is 16.0. The molecule has 6 nitrogen and oxygen atoms in total. The summed E-state index contributed by atoms with van der Waals surface area (Å²) in [5.74, 6) is -0.644. The van der Waals surface area contributed by atoms with Crippen LogP contribution in [0, 0.1) is 12.8 Å². The van der Waals surface area contributed by atoms with Crippen LogP contribution in [0.3, 0.4) is 0 Å². The fourth-order valence-corrected chi connectivity index (χ4v) is 3.16. The molecule has 0 fully saturated rings. The van der Waals surface area contributed by atoms with Gasteiger partial charge in [-0.2, -0.15) is 0 Å². The molecule has 1 N–H and O–H groups in total. The molecule has 0 radical (unpaired) electrons. The molecular formula is C19H29NO5S. The molecule has 0 aliphatic heterocycles. The second kappa shape index (κ2) is 10.3. The van der Waals surface area contributed by atoms with Crippen LogP contribution in [0.25, 0.3) is 0 Å². The minimum absolute atomic E-state index is 0.0428. The van der Waals surface area contributed by atoms with Crippen molar-refractivity contribution in [2.45, 2.75) is 51.3 Å². The van der Waals surface area contributed by atoms with Crippen molar-refractivity contribution in [1.29, 1.82) is 0 Å². The third-order valence-corrected chi connectivity index (χ3v) is 5.43. The predicted octanol–water partition coefficient (Wildman–Crippen LogP) is 2.89. The number of nitrogens with one attached hydrogen (secondary N) is 1. The van der Waals surface area contributed by atoms with Gasteiger partial charge in [0.1, 0.15) is 0 Å². The van der Waals surface area contributed by atoms with E-state index in [1.165, 1.54) is 12.1 Å². The monoisotopic (exact) mass is 383 g/mol. The smallest absolute Gasteiger partial charge is 0.338 e. The van der Waals surface area contributed by atoms with Crippen LogP contribution >= 0.6 is 0 Å². The molecule has 0 aliphatic rings. The predicted molar refractivity (Wildman–Crippen MR) is 101 cm³/mol. The van der Waals surface area contributed by atoms with Crippen LogP contribution in [0.1, 0.15) is 55.5 Å². The maximum absolute atomic E-state index is 12.2. The van der Waals surface area contributed by atoms with Crippen LogP contribution in [-0.4, -0.2) is 39.7 Å². The van der Waals surface area contributed by atoms with Crippen LogP contribution in [0.15, 0.2) is 23.1 Å². The van der Waals surface area contributed by atoms with Gasteiger partial charge in [-0.25, -0.2) is 13.2 Å². The van der Waals surface area contributed by atoms with E-state index < -0.39 is 15.8 Å². The van der Waals surface area contributed by atoms with E-state index in [4.69, 9.17) is 4.74 Å². The highest BCUT2D eigenvalue weighted by atomic mass is 32.2. The van der Waals surface area contributed by atoms with E-state index >= 15 is 0 Å². The summed E-state index contributed by atoms with van der Waals surface area (Å²) >= 11 is 0. The van der Waals surface area contributed by atoms with Crippen molar-refractivity contribution in [3.05, 3.63) is 29.3 Å². The van der Waals surface area contributed by atoms with Crippen molar-refractivity contribution < 1.29 is 22.7 Å². The first kappa shape index (κ1) is 22.2. The molecule has 26 heavy (non-hydrogen) atoms. The SMILES string of the molecule is CCCC[C@H](CC)CNC(=O)COC(=O)c1cc(S(C)(=O)=O)ccc1C. The van der Waals surface area contributed by atoms with Gasteiger partial charge in [-0.05, 0) is 37.0 Å². The van der Waals surface area contributed by atoms with Gasteiger partial charge in [0.2, 0.25) is 0 Å². The molecule has 0 aliphatic carbocycles. The number of unbranched alkanes of at least 4 members (excludes halogenated alkanes) is 1. The van der Waals surface area contributed by atoms with Gasteiger partial charge in [-0.3, -0.25) is 4.79 Å². The Morgan fingerprint density at radius 3 is 2.50 bits per heavy atom. The van der Waals surface area contributed by atoms with Crippen molar-refractivity contribution in [3.63, 3.8) is 0 Å². The lowest BCUT2D eigenvalue weighted by molar-refractivity contribution is -0.124. The van der Waals surface area contributed by atoms with E-state index in [1.54, 1.807) is 13.0 Å². The largest absolute Gasteiger partial charge is 0.452 e. The quantitative estimate of drug-likeness (QED) is 0.628. The lowest BCUT2D eigenvalue weighted by Crippen LogP contribution is -2.33. The summed E-state index contributed by atoms with van der Waals surface area (Å²) in [4.78, 5) is 24.1. The Morgan fingerprint density at radius 1 is 1.23 bits per heavy atom. The Labute approximate surface area is 156 Å². The number of amides is 1. The molecule has 0 heterocycles. The number of sulfone groups is 1. The number of hydrogen-bond acceptors (Lipinski definition) is 5. The highest BCUT2D eigenvalue weighted by Gasteiger charge is 2.17. The third kappa shape index (κ3) is 7.15. The first-order valence-corrected chi connectivity index (χ1v) is 10.8. The number of aryl methyl sites for hydroxylation is 1. The van der Waals surface area contributed by atoms with Crippen molar-refractivity contribution in [2.24, 2.45) is 5.92 Å².